The molecule has 15 rings (SSSR count). The van der Waals surface area contributed by atoms with Gasteiger partial charge in [-0.25, -0.2) is 4.72 Å². The molecular weight excluding hydrogens is 1190 g/mol. The maximum atomic E-state index is 16.1. The predicted octanol–water partition coefficient (Wildman–Crippen LogP) is 10.3. The molecule has 4 unspecified atom stereocenters. The lowest BCUT2D eigenvalue weighted by atomic mass is 9.74. The van der Waals surface area contributed by atoms with E-state index in [1.54, 1.807) is 19.2 Å². The molecule has 8 aliphatic rings. The molecule has 19 nitrogen and oxygen atoms in total. The number of aromatic nitrogens is 4. The fourth-order valence-electron chi connectivity index (χ4n) is 16.4. The van der Waals surface area contributed by atoms with Crippen molar-refractivity contribution in [1.82, 2.24) is 48.4 Å². The van der Waals surface area contributed by atoms with E-state index >= 15 is 9.59 Å². The molecule has 7 aromatic rings. The zero-order valence-electron chi connectivity index (χ0n) is 54.2. The number of H-pyrrole nitrogens is 1. The van der Waals surface area contributed by atoms with Crippen LogP contribution in [-0.4, -0.2) is 162 Å². The Morgan fingerprint density at radius 1 is 0.699 bits per heavy atom. The fourth-order valence-corrected chi connectivity index (χ4v) is 17.0. The second-order valence-corrected chi connectivity index (χ2v) is 30.2. The first kappa shape index (κ1) is 61.3. The lowest BCUT2D eigenvalue weighted by molar-refractivity contribution is -0.150. The number of aryl methyl sites for hydroxylation is 1. The highest BCUT2D eigenvalue weighted by molar-refractivity contribution is 7.87. The number of nitrogens with zero attached hydrogens (tertiary/aromatic N) is 7. The number of rotatable bonds is 14. The summed E-state index contributed by atoms with van der Waals surface area (Å²) in [7, 11) is 4.40. The largest absolute Gasteiger partial charge is 0.497 e. The van der Waals surface area contributed by atoms with Crippen molar-refractivity contribution in [3.8, 4) is 28.3 Å². The van der Waals surface area contributed by atoms with E-state index in [-0.39, 0.29) is 77.5 Å². The van der Waals surface area contributed by atoms with Gasteiger partial charge in [-0.1, -0.05) is 62.1 Å². The number of amides is 4. The Morgan fingerprint density at radius 2 is 1.32 bits per heavy atom. The van der Waals surface area contributed by atoms with Crippen molar-refractivity contribution >= 4 is 67.8 Å². The molecule has 2 saturated heterocycles. The molecule has 3 N–H and O–H groups in total. The zero-order chi connectivity index (χ0) is 64.2. The van der Waals surface area contributed by atoms with Crippen LogP contribution in [0.4, 0.5) is 0 Å². The van der Waals surface area contributed by atoms with Crippen molar-refractivity contribution in [3.63, 3.8) is 0 Å². The van der Waals surface area contributed by atoms with Crippen LogP contribution in [0.15, 0.2) is 96.1 Å². The van der Waals surface area contributed by atoms with Crippen molar-refractivity contribution in [3.05, 3.63) is 141 Å². The Morgan fingerprint density at radius 3 is 1.96 bits per heavy atom. The SMILES string of the molecule is COc1ccc2c(c1)C=C(C(=O)N1CC(CN(C)C)OC(C3CCCC(c4c5n(c6cc(C(=O)NCc7cc(C)[nH]n7)ccc46)CC(C(=O)N4CC6(CC6)OC6(CC6)C4)=Cc4ccccc4-5)C3)C1)Cn1c-2c(C2CCCCC2)c2ccc(C(=O)NS(=O)(=O)N(C)C)cc21. The summed E-state index contributed by atoms with van der Waals surface area (Å²) >= 11 is 0. The van der Waals surface area contributed by atoms with E-state index < -0.39 is 16.1 Å². The highest BCUT2D eigenvalue weighted by Gasteiger charge is 2.61. The fraction of sp³-hybridized carbons (Fsp3) is 0.466. The highest BCUT2D eigenvalue weighted by atomic mass is 32.2. The van der Waals surface area contributed by atoms with Crippen LogP contribution in [0.2, 0.25) is 0 Å². The van der Waals surface area contributed by atoms with Crippen LogP contribution >= 0.6 is 0 Å². The van der Waals surface area contributed by atoms with Crippen LogP contribution in [-0.2, 0) is 48.9 Å². The van der Waals surface area contributed by atoms with E-state index in [2.05, 4.69) is 81.6 Å². The summed E-state index contributed by atoms with van der Waals surface area (Å²) in [5, 5.41) is 12.5. The number of hydrogen-bond acceptors (Lipinski definition) is 11. The summed E-state index contributed by atoms with van der Waals surface area (Å²) in [5.41, 5.74) is 13.1. The Kier molecular flexibility index (Phi) is 15.7. The molecule has 4 aromatic carbocycles. The van der Waals surface area contributed by atoms with Gasteiger partial charge in [-0.05, 0) is 179 Å². The quantitative estimate of drug-likeness (QED) is 0.0934. The smallest absolute Gasteiger partial charge is 0.303 e. The molecule has 486 valence electrons. The lowest BCUT2D eigenvalue weighted by Crippen LogP contribution is -2.55. The highest BCUT2D eigenvalue weighted by Crippen LogP contribution is 2.56. The van der Waals surface area contributed by atoms with E-state index in [1.165, 1.54) is 25.2 Å². The molecule has 93 heavy (non-hydrogen) atoms. The molecule has 20 heteroatoms. The monoisotopic (exact) mass is 1280 g/mol. The second kappa shape index (κ2) is 23.8. The molecule has 0 bridgehead atoms. The van der Waals surface area contributed by atoms with Crippen molar-refractivity contribution < 1.29 is 41.8 Å². The number of benzene rings is 4. The third-order valence-electron chi connectivity index (χ3n) is 21.2. The third kappa shape index (κ3) is 11.6. The maximum Gasteiger partial charge on any atom is 0.303 e. The Hall–Kier alpha value is -7.88. The van der Waals surface area contributed by atoms with E-state index in [1.807, 2.05) is 68.4 Å². The number of morpholine rings is 2. The number of likely N-dealkylation sites (N-methyl/N-ethyl adjacent to an activating group) is 1. The van der Waals surface area contributed by atoms with Crippen LogP contribution in [0.25, 0.3) is 56.5 Å². The van der Waals surface area contributed by atoms with Crippen molar-refractivity contribution in [2.75, 3.05) is 68.0 Å². The number of aromatic amines is 1. The van der Waals surface area contributed by atoms with Crippen molar-refractivity contribution in [1.29, 1.82) is 0 Å². The first-order chi connectivity index (χ1) is 44.8. The Bertz CT molecular complexity index is 4350. The van der Waals surface area contributed by atoms with E-state index in [0.29, 0.717) is 61.7 Å². The number of hydrogen-bond donors (Lipinski definition) is 3. The number of methoxy groups -OCH3 is 1. The van der Waals surface area contributed by atoms with Gasteiger partial charge < -0.3 is 43.4 Å². The van der Waals surface area contributed by atoms with Gasteiger partial charge in [-0.3, -0.25) is 24.3 Å². The standard InChI is InChI=1S/C73H84N10O9S/c1-44-29-54(76-75-44)36-74-68(84)49-19-22-60-61(34-49)82-37-52(71(87)81-42-72(25-26-72)92-73(43-81)27-28-73)30-46-15-10-11-18-57(46)66(82)65(60)48-17-12-16-47(31-48)63-41-80(40-56(91-63)39-78(2)3)70(86)53-32-51-33-55(90-6)21-24-58(51)67-64(45-13-8-7-9-14-45)59-23-20-50(35-62(59)83(67)38-53)69(85)77-93(88,89)79(4)5/h10-11,15,18-24,29-30,32-35,45,47-48,56,63H,7-9,12-14,16-17,25-28,31,36-43H2,1-6H3,(H,74,84)(H,75,76)(H,77,85). The summed E-state index contributed by atoms with van der Waals surface area (Å²) in [6.07, 6.45) is 16.3. The van der Waals surface area contributed by atoms with Crippen LogP contribution in [0, 0.1) is 12.8 Å². The Balaban J connectivity index is 0.783. The van der Waals surface area contributed by atoms with Crippen LogP contribution in [0.3, 0.4) is 0 Å². The number of carbonyl (C=O) groups excluding carboxylic acids is 4. The minimum atomic E-state index is -4.09. The van der Waals surface area contributed by atoms with Gasteiger partial charge in [0.25, 0.3) is 23.6 Å². The topological polar surface area (TPSA) is 206 Å². The predicted molar refractivity (Wildman–Crippen MR) is 358 cm³/mol. The number of fused-ring (bicyclic) bond motifs is 10. The van der Waals surface area contributed by atoms with Gasteiger partial charge in [0, 0.05) is 94.6 Å². The number of nitrogens with one attached hydrogen (secondary N) is 3. The molecule has 4 aliphatic carbocycles. The van der Waals surface area contributed by atoms with Crippen LogP contribution < -0.4 is 14.8 Å². The number of ether oxygens (including phenoxy) is 3. The molecule has 4 aliphatic heterocycles. The van der Waals surface area contributed by atoms with E-state index in [0.717, 1.165) is 155 Å². The van der Waals surface area contributed by atoms with Gasteiger partial charge in [-0.15, -0.1) is 0 Å². The first-order valence-electron chi connectivity index (χ1n) is 33.5. The summed E-state index contributed by atoms with van der Waals surface area (Å²) in [5.74, 6) is 0.0175. The molecule has 4 amide bonds. The molecule has 4 saturated carbocycles. The summed E-state index contributed by atoms with van der Waals surface area (Å²) in [4.78, 5) is 65.7. The minimum absolute atomic E-state index is 0.0346. The van der Waals surface area contributed by atoms with Crippen LogP contribution in [0.1, 0.15) is 150 Å². The van der Waals surface area contributed by atoms with Crippen LogP contribution in [0.5, 0.6) is 5.75 Å². The third-order valence-corrected chi connectivity index (χ3v) is 22.6. The first-order valence-corrected chi connectivity index (χ1v) is 34.9. The zero-order valence-corrected chi connectivity index (χ0v) is 55.0. The van der Waals surface area contributed by atoms with Gasteiger partial charge in [-0.2, -0.15) is 17.8 Å². The summed E-state index contributed by atoms with van der Waals surface area (Å²) in [6, 6.07) is 28.0. The maximum absolute atomic E-state index is 16.1. The molecule has 3 aromatic heterocycles. The minimum Gasteiger partial charge on any atom is -0.497 e. The van der Waals surface area contributed by atoms with E-state index in [4.69, 9.17) is 14.2 Å². The molecular formula is C73H84N10O9S. The number of carbonyl (C=O) groups is 4. The molecule has 6 fully saturated rings. The summed E-state index contributed by atoms with van der Waals surface area (Å²) < 4.78 is 53.6. The van der Waals surface area contributed by atoms with Crippen molar-refractivity contribution in [2.24, 2.45) is 5.92 Å². The van der Waals surface area contributed by atoms with Gasteiger partial charge >= 0.3 is 10.2 Å². The molecule has 2 spiro atoms. The van der Waals surface area contributed by atoms with Crippen molar-refractivity contribution in [2.45, 2.75) is 145 Å². The van der Waals surface area contributed by atoms with Gasteiger partial charge in [0.2, 0.25) is 0 Å². The lowest BCUT2D eigenvalue weighted by Gasteiger charge is -2.44. The molecule has 7 heterocycles. The van der Waals surface area contributed by atoms with Gasteiger partial charge in [0.15, 0.2) is 0 Å². The second-order valence-electron chi connectivity index (χ2n) is 28.3. The van der Waals surface area contributed by atoms with Gasteiger partial charge in [0.1, 0.15) is 5.75 Å². The van der Waals surface area contributed by atoms with Gasteiger partial charge in [0.05, 0.1) is 80.3 Å². The normalized spacial score (nSPS) is 22.4. The molecule has 4 atom stereocenters. The summed E-state index contributed by atoms with van der Waals surface area (Å²) in [6.45, 7) is 5.29. The average molecular weight is 1280 g/mol. The average Bonchev–Trinajstić information content (AvgIpc) is 1.59. The van der Waals surface area contributed by atoms with E-state index in [9.17, 15) is 18.0 Å². The molecule has 0 radical (unpaired) electrons. The Labute approximate surface area is 543 Å².